The highest BCUT2D eigenvalue weighted by molar-refractivity contribution is 4.96. The summed E-state index contributed by atoms with van der Waals surface area (Å²) in [6.45, 7) is 2.36. The largest absolute Gasteiger partial charge is 0.327 e. The highest BCUT2D eigenvalue weighted by Crippen LogP contribution is 2.34. The van der Waals surface area contributed by atoms with Crippen LogP contribution in [0.1, 0.15) is 32.6 Å². The maximum atomic E-state index is 6.31. The van der Waals surface area contributed by atoms with Crippen molar-refractivity contribution in [2.75, 3.05) is 14.1 Å². The third-order valence-corrected chi connectivity index (χ3v) is 4.24. The van der Waals surface area contributed by atoms with Gasteiger partial charge in [-0.05, 0) is 51.6 Å². The third kappa shape index (κ3) is 2.35. The molecule has 2 rings (SSSR count). The van der Waals surface area contributed by atoms with Crippen molar-refractivity contribution in [3.05, 3.63) is 0 Å². The van der Waals surface area contributed by atoms with E-state index < -0.39 is 0 Å². The molecule has 0 aromatic carbocycles. The Kier molecular flexibility index (Phi) is 3.33. The summed E-state index contributed by atoms with van der Waals surface area (Å²) in [5.41, 5.74) is 6.31. The molecule has 0 aromatic rings. The van der Waals surface area contributed by atoms with Crippen molar-refractivity contribution in [1.29, 1.82) is 0 Å². The molecule has 0 amide bonds. The fourth-order valence-corrected chi connectivity index (χ4v) is 3.21. The highest BCUT2D eigenvalue weighted by atomic mass is 15.3. The average Bonchev–Trinajstić information content (AvgIpc) is 2.18. The second-order valence-electron chi connectivity index (χ2n) is 5.73. The summed E-state index contributed by atoms with van der Waals surface area (Å²) < 4.78 is 0. The topological polar surface area (TPSA) is 41.3 Å². The number of nitrogens with zero attached hydrogens (tertiary/aromatic N) is 1. The Morgan fingerprint density at radius 2 is 1.93 bits per heavy atom. The molecule has 2 fully saturated rings. The fraction of sp³-hybridized carbons (Fsp3) is 1.00. The number of hydrogen-bond donors (Lipinski definition) is 2. The van der Waals surface area contributed by atoms with Crippen LogP contribution in [0.25, 0.3) is 0 Å². The van der Waals surface area contributed by atoms with Crippen LogP contribution in [-0.2, 0) is 0 Å². The van der Waals surface area contributed by atoms with E-state index in [2.05, 4.69) is 31.2 Å². The molecule has 1 saturated carbocycles. The van der Waals surface area contributed by atoms with Gasteiger partial charge in [-0.15, -0.1) is 0 Å². The van der Waals surface area contributed by atoms with E-state index in [1.54, 1.807) is 0 Å². The predicted octanol–water partition coefficient (Wildman–Crippen LogP) is 1.000. The Bertz CT molecular complexity index is 217. The lowest BCUT2D eigenvalue weighted by atomic mass is 9.72. The Morgan fingerprint density at radius 3 is 2.60 bits per heavy atom. The van der Waals surface area contributed by atoms with Crippen LogP contribution < -0.4 is 11.1 Å². The fourth-order valence-electron chi connectivity index (χ4n) is 3.21. The quantitative estimate of drug-likeness (QED) is 0.680. The molecule has 3 nitrogen and oxygen atoms in total. The second kappa shape index (κ2) is 4.40. The molecular formula is C12H25N3. The van der Waals surface area contributed by atoms with Crippen molar-refractivity contribution in [2.24, 2.45) is 17.6 Å². The zero-order valence-electron chi connectivity index (χ0n) is 10.2. The van der Waals surface area contributed by atoms with Crippen LogP contribution in [-0.4, -0.2) is 37.2 Å². The molecule has 3 heteroatoms. The first-order valence-corrected chi connectivity index (χ1v) is 6.26. The first kappa shape index (κ1) is 11.4. The molecule has 0 radical (unpaired) electrons. The van der Waals surface area contributed by atoms with E-state index in [4.69, 9.17) is 5.73 Å². The molecule has 3 N–H and O–H groups in total. The van der Waals surface area contributed by atoms with E-state index in [0.717, 1.165) is 12.3 Å². The average molecular weight is 211 g/mol. The normalized spacial score (nSPS) is 46.6. The van der Waals surface area contributed by atoms with Crippen molar-refractivity contribution in [3.8, 4) is 0 Å². The second-order valence-corrected chi connectivity index (χ2v) is 5.73. The molecular weight excluding hydrogens is 186 g/mol. The van der Waals surface area contributed by atoms with Gasteiger partial charge in [0.1, 0.15) is 0 Å². The summed E-state index contributed by atoms with van der Waals surface area (Å²) in [6.07, 6.45) is 5.57. The smallest absolute Gasteiger partial charge is 0.0609 e. The van der Waals surface area contributed by atoms with Gasteiger partial charge in [0.05, 0.1) is 6.17 Å². The molecule has 0 aromatic heterocycles. The summed E-state index contributed by atoms with van der Waals surface area (Å²) in [4.78, 5) is 2.26. The van der Waals surface area contributed by atoms with E-state index >= 15 is 0 Å². The van der Waals surface area contributed by atoms with E-state index in [1.807, 2.05) is 0 Å². The van der Waals surface area contributed by atoms with Crippen molar-refractivity contribution in [1.82, 2.24) is 10.2 Å². The van der Waals surface area contributed by atoms with E-state index in [-0.39, 0.29) is 0 Å². The van der Waals surface area contributed by atoms with Gasteiger partial charge in [-0.1, -0.05) is 6.92 Å². The maximum absolute atomic E-state index is 6.31. The zero-order chi connectivity index (χ0) is 11.0. The van der Waals surface area contributed by atoms with Gasteiger partial charge in [0.15, 0.2) is 0 Å². The number of fused-ring (bicyclic) bond motifs is 1. The van der Waals surface area contributed by atoms with Crippen molar-refractivity contribution >= 4 is 0 Å². The van der Waals surface area contributed by atoms with Gasteiger partial charge in [0.2, 0.25) is 0 Å². The van der Waals surface area contributed by atoms with Crippen LogP contribution in [0, 0.1) is 11.8 Å². The van der Waals surface area contributed by atoms with Gasteiger partial charge in [-0.2, -0.15) is 0 Å². The zero-order valence-corrected chi connectivity index (χ0v) is 10.2. The maximum Gasteiger partial charge on any atom is 0.0609 e. The van der Waals surface area contributed by atoms with Gasteiger partial charge in [-0.25, -0.2) is 0 Å². The number of nitrogens with two attached hydrogens (primary N) is 1. The summed E-state index contributed by atoms with van der Waals surface area (Å²) in [7, 11) is 4.27. The Balaban J connectivity index is 2.01. The minimum atomic E-state index is 0.395. The molecule has 15 heavy (non-hydrogen) atoms. The van der Waals surface area contributed by atoms with E-state index in [0.29, 0.717) is 24.2 Å². The Labute approximate surface area is 93.4 Å². The summed E-state index contributed by atoms with van der Waals surface area (Å²) in [6, 6.07) is 1.06. The number of rotatable bonds is 1. The highest BCUT2D eigenvalue weighted by Gasteiger charge is 2.39. The van der Waals surface area contributed by atoms with Crippen LogP contribution in [0.2, 0.25) is 0 Å². The molecule has 5 unspecified atom stereocenters. The van der Waals surface area contributed by atoms with Crippen LogP contribution in [0.3, 0.4) is 0 Å². The number of hydrogen-bond acceptors (Lipinski definition) is 3. The van der Waals surface area contributed by atoms with Gasteiger partial charge >= 0.3 is 0 Å². The molecule has 5 atom stereocenters. The molecule has 1 aliphatic heterocycles. The van der Waals surface area contributed by atoms with Gasteiger partial charge in [0.25, 0.3) is 0 Å². The monoisotopic (exact) mass is 211 g/mol. The Morgan fingerprint density at radius 1 is 1.20 bits per heavy atom. The summed E-state index contributed by atoms with van der Waals surface area (Å²) in [5.74, 6) is 1.58. The molecule has 1 aliphatic carbocycles. The predicted molar refractivity (Wildman–Crippen MR) is 63.5 cm³/mol. The van der Waals surface area contributed by atoms with Crippen LogP contribution in [0.5, 0.6) is 0 Å². The Hall–Kier alpha value is -0.120. The van der Waals surface area contributed by atoms with E-state index in [9.17, 15) is 0 Å². The van der Waals surface area contributed by atoms with Crippen molar-refractivity contribution in [2.45, 2.75) is 50.9 Å². The van der Waals surface area contributed by atoms with E-state index in [1.165, 1.54) is 19.3 Å². The third-order valence-electron chi connectivity index (χ3n) is 4.24. The molecule has 1 saturated heterocycles. The van der Waals surface area contributed by atoms with Gasteiger partial charge in [0, 0.05) is 12.1 Å². The molecule has 88 valence electrons. The summed E-state index contributed by atoms with van der Waals surface area (Å²) >= 11 is 0. The minimum Gasteiger partial charge on any atom is -0.327 e. The molecule has 1 heterocycles. The summed E-state index contributed by atoms with van der Waals surface area (Å²) in [5, 5.41) is 3.75. The van der Waals surface area contributed by atoms with Crippen LogP contribution in [0.4, 0.5) is 0 Å². The SMILES string of the molecule is CC1CCC2NC(N(C)C)CC(N)C2C1. The minimum absolute atomic E-state index is 0.395. The lowest BCUT2D eigenvalue weighted by molar-refractivity contribution is 0.0730. The van der Waals surface area contributed by atoms with Gasteiger partial charge in [-0.3, -0.25) is 10.2 Å². The van der Waals surface area contributed by atoms with Crippen molar-refractivity contribution < 1.29 is 0 Å². The number of piperidine rings is 1. The first-order chi connectivity index (χ1) is 7.08. The van der Waals surface area contributed by atoms with Crippen molar-refractivity contribution in [3.63, 3.8) is 0 Å². The molecule has 0 bridgehead atoms. The first-order valence-electron chi connectivity index (χ1n) is 6.26. The van der Waals surface area contributed by atoms with Gasteiger partial charge < -0.3 is 5.73 Å². The lowest BCUT2D eigenvalue weighted by Gasteiger charge is -2.47. The van der Waals surface area contributed by atoms with Crippen LogP contribution in [0.15, 0.2) is 0 Å². The van der Waals surface area contributed by atoms with Crippen LogP contribution >= 0.6 is 0 Å². The molecule has 2 aliphatic rings. The lowest BCUT2D eigenvalue weighted by Crippen LogP contribution is -2.61. The number of nitrogens with one attached hydrogen (secondary N) is 1. The standard InChI is InChI=1S/C12H25N3/c1-8-4-5-11-9(6-8)10(13)7-12(14-11)15(2)3/h8-12,14H,4-7,13H2,1-3H3. The molecule has 0 spiro atoms.